The molecule has 7 heteroatoms. The fourth-order valence-corrected chi connectivity index (χ4v) is 0. The molecular formula is Cl5PtRh. The Morgan fingerprint density at radius 1 is 0.857 bits per heavy atom. The van der Waals surface area contributed by atoms with Crippen LogP contribution in [0.5, 0.6) is 0 Å². The van der Waals surface area contributed by atoms with E-state index < -0.39 is 13.0 Å². The van der Waals surface area contributed by atoms with Crippen molar-refractivity contribution in [3.05, 3.63) is 0 Å². The van der Waals surface area contributed by atoms with Crippen LogP contribution >= 0.6 is 29.1 Å². The van der Waals surface area contributed by atoms with E-state index in [4.69, 9.17) is 29.1 Å². The van der Waals surface area contributed by atoms with Crippen LogP contribution in [-0.4, -0.2) is 0 Å². The Labute approximate surface area is 86.8 Å². The first-order chi connectivity index (χ1) is 1.73. The van der Waals surface area contributed by atoms with Crippen LogP contribution < -0.4 is 24.8 Å². The Bertz CT molecular complexity index is 12.8. The molecule has 0 unspecified atom stereocenters. The van der Waals surface area contributed by atoms with Crippen LogP contribution in [0.3, 0.4) is 0 Å². The SMILES string of the molecule is [Cl-].[Cl-].[Cl][Rh]([Cl])[Cl].[Pt+2]. The predicted octanol–water partition coefficient (Wildman–Crippen LogP) is -3.93. The monoisotopic (exact) mass is 473 g/mol. The van der Waals surface area contributed by atoms with Crippen LogP contribution in [0.4, 0.5) is 0 Å². The van der Waals surface area contributed by atoms with Gasteiger partial charge in [-0.2, -0.15) is 0 Å². The van der Waals surface area contributed by atoms with Crippen LogP contribution in [0.15, 0.2) is 0 Å². The van der Waals surface area contributed by atoms with Gasteiger partial charge < -0.3 is 24.8 Å². The first-order valence-corrected chi connectivity index (χ1v) is 6.71. The summed E-state index contributed by atoms with van der Waals surface area (Å²) < 4.78 is 0. The molecular weight excluding hydrogens is 475 g/mol. The van der Waals surface area contributed by atoms with Crippen molar-refractivity contribution in [1.82, 2.24) is 0 Å². The predicted molar refractivity (Wildman–Crippen MR) is 17.6 cm³/mol. The van der Waals surface area contributed by atoms with Crippen molar-refractivity contribution in [3.63, 3.8) is 0 Å². The molecule has 0 rings (SSSR count). The van der Waals surface area contributed by atoms with E-state index in [0.717, 1.165) is 0 Å². The molecule has 0 aromatic carbocycles. The van der Waals surface area contributed by atoms with E-state index in [1.807, 2.05) is 0 Å². The first kappa shape index (κ1) is 22.6. The minimum absolute atomic E-state index is 0. The maximum Gasteiger partial charge on any atom is 2.00 e. The minimum atomic E-state index is -1.66. The van der Waals surface area contributed by atoms with Gasteiger partial charge in [0.15, 0.2) is 0 Å². The smallest absolute Gasteiger partial charge is 2.00 e. The fourth-order valence-electron chi connectivity index (χ4n) is 0. The van der Waals surface area contributed by atoms with E-state index >= 15 is 0 Å². The largest absolute Gasteiger partial charge is 2.00 e. The molecule has 0 aromatic rings. The molecule has 0 amide bonds. The molecule has 0 radical (unpaired) electrons. The van der Waals surface area contributed by atoms with Crippen molar-refractivity contribution < 1.29 is 58.9 Å². The molecule has 0 aliphatic carbocycles. The third-order valence-corrected chi connectivity index (χ3v) is 0. The Morgan fingerprint density at radius 2 is 0.857 bits per heavy atom. The Morgan fingerprint density at radius 3 is 0.857 bits per heavy atom. The molecule has 0 atom stereocenters. The zero-order chi connectivity index (χ0) is 3.58. The summed E-state index contributed by atoms with van der Waals surface area (Å²) in [7, 11) is 14.8. The third-order valence-electron chi connectivity index (χ3n) is 0. The molecule has 0 heterocycles. The normalized spacial score (nSPS) is 6.43. The van der Waals surface area contributed by atoms with Gasteiger partial charge in [-0.1, -0.05) is 0 Å². The Kier molecular flexibility index (Phi) is 51.3. The summed E-state index contributed by atoms with van der Waals surface area (Å²) in [4.78, 5) is 0. The Hall–Kier alpha value is 2.76. The van der Waals surface area contributed by atoms with Crippen LogP contribution in [0.1, 0.15) is 0 Å². The second kappa shape index (κ2) is 15.9. The van der Waals surface area contributed by atoms with E-state index in [2.05, 4.69) is 0 Å². The minimum Gasteiger partial charge on any atom is 2.00 e. The Balaban J connectivity index is -0.0000000150. The van der Waals surface area contributed by atoms with Crippen molar-refractivity contribution in [1.29, 1.82) is 0 Å². The number of halogens is 5. The third kappa shape index (κ3) is 52.5. The van der Waals surface area contributed by atoms with Gasteiger partial charge in [-0.15, -0.1) is 0 Å². The van der Waals surface area contributed by atoms with Gasteiger partial charge in [0.1, 0.15) is 0 Å². The van der Waals surface area contributed by atoms with E-state index in [0.29, 0.717) is 0 Å². The number of hydrogen-bond donors (Lipinski definition) is 0. The number of rotatable bonds is 0. The zero-order valence-electron chi connectivity index (χ0n) is 2.54. The van der Waals surface area contributed by atoms with Gasteiger partial charge in [0.05, 0.1) is 0 Å². The molecule has 0 saturated heterocycles. The molecule has 0 aromatic heterocycles. The molecule has 0 bridgehead atoms. The van der Waals surface area contributed by atoms with Crippen molar-refractivity contribution >= 4 is 29.1 Å². The average molecular weight is 475 g/mol. The summed E-state index contributed by atoms with van der Waals surface area (Å²) in [6.07, 6.45) is 0. The molecule has 0 nitrogen and oxygen atoms in total. The topological polar surface area (TPSA) is 0 Å². The molecule has 54 valence electrons. The number of hydrogen-bond acceptors (Lipinski definition) is 0. The van der Waals surface area contributed by atoms with E-state index in [1.165, 1.54) is 0 Å². The molecule has 0 saturated carbocycles. The van der Waals surface area contributed by atoms with Gasteiger partial charge in [0.25, 0.3) is 0 Å². The first-order valence-electron chi connectivity index (χ1n) is 0.378. The summed E-state index contributed by atoms with van der Waals surface area (Å²) in [5.41, 5.74) is 0. The van der Waals surface area contributed by atoms with E-state index in [9.17, 15) is 0 Å². The second-order valence-electron chi connectivity index (χ2n) is 0.143. The quantitative estimate of drug-likeness (QED) is 0.315. The van der Waals surface area contributed by atoms with Crippen molar-refractivity contribution in [2.75, 3.05) is 0 Å². The van der Waals surface area contributed by atoms with Crippen LogP contribution in [0.25, 0.3) is 0 Å². The van der Waals surface area contributed by atoms with Crippen molar-refractivity contribution in [3.8, 4) is 0 Å². The van der Waals surface area contributed by atoms with Gasteiger partial charge in [0, 0.05) is 0 Å². The molecule has 0 spiro atoms. The van der Waals surface area contributed by atoms with Gasteiger partial charge in [-0.3, -0.25) is 0 Å². The molecule has 0 aliphatic heterocycles. The summed E-state index contributed by atoms with van der Waals surface area (Å²) >= 11 is -1.66. The molecule has 0 aliphatic rings. The maximum absolute atomic E-state index is 4.94. The van der Waals surface area contributed by atoms with Crippen LogP contribution in [0, 0.1) is 0 Å². The van der Waals surface area contributed by atoms with Gasteiger partial charge in [0.2, 0.25) is 0 Å². The molecule has 7 heavy (non-hydrogen) atoms. The van der Waals surface area contributed by atoms with E-state index in [-0.39, 0.29) is 45.9 Å². The average Bonchev–Trinajstić information content (AvgIpc) is 0.811. The van der Waals surface area contributed by atoms with Gasteiger partial charge in [-0.05, 0) is 0 Å². The zero-order valence-corrected chi connectivity index (χ0v) is 10.2. The second-order valence-corrected chi connectivity index (χ2v) is 7.61. The van der Waals surface area contributed by atoms with E-state index in [1.54, 1.807) is 0 Å². The van der Waals surface area contributed by atoms with Gasteiger partial charge >= 0.3 is 63.1 Å². The maximum atomic E-state index is 4.94. The van der Waals surface area contributed by atoms with Crippen LogP contribution in [-0.2, 0) is 34.0 Å². The summed E-state index contributed by atoms with van der Waals surface area (Å²) in [6.45, 7) is 0. The van der Waals surface area contributed by atoms with Crippen molar-refractivity contribution in [2.45, 2.75) is 0 Å². The van der Waals surface area contributed by atoms with Crippen LogP contribution in [0.2, 0.25) is 0 Å². The summed E-state index contributed by atoms with van der Waals surface area (Å²) in [5.74, 6) is 0. The summed E-state index contributed by atoms with van der Waals surface area (Å²) in [6, 6.07) is 0. The van der Waals surface area contributed by atoms with Gasteiger partial charge in [-0.25, -0.2) is 0 Å². The van der Waals surface area contributed by atoms with Crippen molar-refractivity contribution in [2.24, 2.45) is 0 Å². The standard InChI is InChI=1S/5ClH.Pt.Rh/h5*1H;;/q;;;;;+2;+3/p-5. The molecule has 0 fully saturated rings. The fraction of sp³-hybridized carbons (Fsp3) is 0. The summed E-state index contributed by atoms with van der Waals surface area (Å²) in [5, 5.41) is 0. The molecule has 0 N–H and O–H groups in total.